The predicted molar refractivity (Wildman–Crippen MR) is 222 cm³/mol. The molecule has 2 heterocycles. The Morgan fingerprint density at radius 1 is 0.836 bits per heavy atom. The van der Waals surface area contributed by atoms with Crippen LogP contribution in [0.4, 0.5) is 5.69 Å². The fourth-order valence-electron chi connectivity index (χ4n) is 7.13. The number of fused-ring (bicyclic) bond motifs is 3. The Hall–Kier alpha value is -5.91. The number of hydrogen-bond donors (Lipinski definition) is 5. The topological polar surface area (TPSA) is 173 Å². The van der Waals surface area contributed by atoms with Crippen LogP contribution in [0.25, 0.3) is 33.7 Å². The van der Waals surface area contributed by atoms with Crippen LogP contribution in [0, 0.1) is 0 Å². The number of benzene rings is 4. The minimum Gasteiger partial charge on any atom is -0.504 e. The van der Waals surface area contributed by atoms with Crippen LogP contribution in [0.2, 0.25) is 0 Å². The SMILES string of the molecule is CN1Cc2ccccc2/C(N(N)CCCCCCCCCCN(N)/C=C(\N)COc2c(O)ccc3c(=O)cc(-c4ccccc4)oc23)=C(/N)c2ccccc21. The Kier molecular flexibility index (Phi) is 13.0. The van der Waals surface area contributed by atoms with Gasteiger partial charge >= 0.3 is 0 Å². The summed E-state index contributed by atoms with van der Waals surface area (Å²) in [4.78, 5) is 15.1. The molecule has 0 amide bonds. The highest BCUT2D eigenvalue weighted by Gasteiger charge is 2.23. The fraction of sp³-hybridized carbons (Fsp3) is 0.295. The number of rotatable bonds is 17. The molecular formula is C44H53N7O4. The molecule has 1 aliphatic heterocycles. The largest absolute Gasteiger partial charge is 0.504 e. The molecular weight excluding hydrogens is 691 g/mol. The molecule has 0 fully saturated rings. The summed E-state index contributed by atoms with van der Waals surface area (Å²) in [6.45, 7) is 2.10. The second-order valence-corrected chi connectivity index (χ2v) is 14.2. The van der Waals surface area contributed by atoms with E-state index in [9.17, 15) is 9.90 Å². The summed E-state index contributed by atoms with van der Waals surface area (Å²) < 4.78 is 11.9. The Bertz CT molecular complexity index is 2180. The number of hydrazine groups is 2. The normalized spacial score (nSPS) is 14.2. The summed E-state index contributed by atoms with van der Waals surface area (Å²) in [7, 11) is 2.10. The highest BCUT2D eigenvalue weighted by Crippen LogP contribution is 2.37. The van der Waals surface area contributed by atoms with E-state index in [-0.39, 0.29) is 29.1 Å². The number of unbranched alkanes of at least 4 members (excludes halogenated alkanes) is 7. The van der Waals surface area contributed by atoms with Gasteiger partial charge in [0, 0.05) is 61.3 Å². The van der Waals surface area contributed by atoms with Crippen LogP contribution in [-0.2, 0) is 6.54 Å². The van der Waals surface area contributed by atoms with Crippen molar-refractivity contribution in [2.75, 3.05) is 31.6 Å². The van der Waals surface area contributed by atoms with Crippen LogP contribution in [0.3, 0.4) is 0 Å². The van der Waals surface area contributed by atoms with Gasteiger partial charge in [0.05, 0.1) is 22.5 Å². The van der Waals surface area contributed by atoms with Crippen molar-refractivity contribution in [3.05, 3.63) is 136 Å². The maximum atomic E-state index is 12.8. The zero-order valence-corrected chi connectivity index (χ0v) is 31.6. The number of anilines is 1. The van der Waals surface area contributed by atoms with Gasteiger partial charge in [0.15, 0.2) is 16.8 Å². The van der Waals surface area contributed by atoms with E-state index in [2.05, 4.69) is 42.3 Å². The number of aromatic hydroxyl groups is 1. The van der Waals surface area contributed by atoms with Gasteiger partial charge in [0.25, 0.3) is 0 Å². The lowest BCUT2D eigenvalue weighted by Gasteiger charge is -2.32. The molecule has 0 saturated carbocycles. The molecule has 11 heteroatoms. The molecule has 0 unspecified atom stereocenters. The second kappa shape index (κ2) is 18.4. The molecule has 11 nitrogen and oxygen atoms in total. The van der Waals surface area contributed by atoms with Gasteiger partial charge in [-0.25, -0.2) is 11.7 Å². The van der Waals surface area contributed by atoms with Crippen LogP contribution >= 0.6 is 0 Å². The average Bonchev–Trinajstić information content (AvgIpc) is 3.18. The fourth-order valence-corrected chi connectivity index (χ4v) is 7.13. The molecule has 0 atom stereocenters. The van der Waals surface area contributed by atoms with Crippen molar-refractivity contribution in [3.63, 3.8) is 0 Å². The third-order valence-electron chi connectivity index (χ3n) is 10.00. The van der Waals surface area contributed by atoms with Gasteiger partial charge < -0.3 is 40.6 Å². The first kappa shape index (κ1) is 38.8. The van der Waals surface area contributed by atoms with Crippen molar-refractivity contribution in [1.82, 2.24) is 10.0 Å². The molecule has 4 aromatic carbocycles. The molecule has 0 aliphatic carbocycles. The summed E-state index contributed by atoms with van der Waals surface area (Å²) in [5.74, 6) is 13.2. The van der Waals surface area contributed by atoms with E-state index < -0.39 is 0 Å². The summed E-state index contributed by atoms with van der Waals surface area (Å²) in [6.07, 6.45) is 10.3. The molecule has 0 saturated heterocycles. The van der Waals surface area contributed by atoms with E-state index in [0.717, 1.165) is 86.1 Å². The Balaban J connectivity index is 0.905. The van der Waals surface area contributed by atoms with Crippen LogP contribution in [-0.4, -0.2) is 41.9 Å². The van der Waals surface area contributed by atoms with Gasteiger partial charge in [0.1, 0.15) is 12.4 Å². The van der Waals surface area contributed by atoms with Gasteiger partial charge in [-0.2, -0.15) is 0 Å². The summed E-state index contributed by atoms with van der Waals surface area (Å²) in [6, 6.07) is 30.3. The molecule has 1 aromatic heterocycles. The Morgan fingerprint density at radius 3 is 2.22 bits per heavy atom. The van der Waals surface area contributed by atoms with Crippen molar-refractivity contribution < 1.29 is 14.3 Å². The molecule has 5 aromatic rings. The highest BCUT2D eigenvalue weighted by atomic mass is 16.5. The van der Waals surface area contributed by atoms with Crippen molar-refractivity contribution in [3.8, 4) is 22.8 Å². The van der Waals surface area contributed by atoms with Gasteiger partial charge in [-0.1, -0.05) is 111 Å². The quantitative estimate of drug-likeness (QED) is 0.0369. The molecule has 1 aliphatic rings. The van der Waals surface area contributed by atoms with Gasteiger partial charge in [-0.15, -0.1) is 0 Å². The van der Waals surface area contributed by atoms with Gasteiger partial charge in [0.2, 0.25) is 5.75 Å². The zero-order valence-electron chi connectivity index (χ0n) is 31.6. The van der Waals surface area contributed by atoms with Crippen LogP contribution in [0.5, 0.6) is 11.5 Å². The van der Waals surface area contributed by atoms with E-state index in [1.165, 1.54) is 30.2 Å². The number of nitrogens with zero attached hydrogens (tertiary/aromatic N) is 3. The molecule has 288 valence electrons. The van der Waals surface area contributed by atoms with Gasteiger partial charge in [-0.3, -0.25) is 4.79 Å². The molecule has 9 N–H and O–H groups in total. The number of nitrogens with two attached hydrogens (primary N) is 4. The lowest BCUT2D eigenvalue weighted by atomic mass is 9.96. The lowest BCUT2D eigenvalue weighted by Crippen LogP contribution is -2.34. The minimum absolute atomic E-state index is 0.0502. The van der Waals surface area contributed by atoms with Crippen LogP contribution in [0.15, 0.2) is 118 Å². The van der Waals surface area contributed by atoms with Crippen LogP contribution in [0.1, 0.15) is 68.1 Å². The van der Waals surface area contributed by atoms with Crippen molar-refractivity contribution >= 4 is 28.1 Å². The number of para-hydroxylation sites is 1. The van der Waals surface area contributed by atoms with E-state index in [0.29, 0.717) is 29.1 Å². The highest BCUT2D eigenvalue weighted by molar-refractivity contribution is 5.93. The Morgan fingerprint density at radius 2 is 1.47 bits per heavy atom. The van der Waals surface area contributed by atoms with E-state index >= 15 is 0 Å². The van der Waals surface area contributed by atoms with E-state index in [1.807, 2.05) is 53.5 Å². The van der Waals surface area contributed by atoms with E-state index in [1.54, 1.807) is 11.2 Å². The Labute approximate surface area is 323 Å². The first-order chi connectivity index (χ1) is 26.7. The molecule has 0 bridgehead atoms. The summed E-state index contributed by atoms with van der Waals surface area (Å²) >= 11 is 0. The standard InChI is InChI=1S/C44H53N7O4/c1-49-28-32-19-11-12-20-34(32)42(41(46)35-21-13-14-22-37(35)49)51(48)26-16-7-5-3-2-4-6-15-25-50(47)29-33(45)30-54-44-38(52)24-23-36-39(53)27-40(55-43(36)44)31-17-9-8-10-18-31/h8-14,17-24,27,29,52H,2-7,15-16,25-26,28,30,45-48H2,1H3/b33-29-,42-41-. The number of phenolic OH excluding ortho intramolecular Hbond substituents is 1. The zero-order chi connectivity index (χ0) is 38.7. The number of hydrogen-bond acceptors (Lipinski definition) is 11. The maximum absolute atomic E-state index is 12.8. The van der Waals surface area contributed by atoms with Crippen molar-refractivity contribution in [2.24, 2.45) is 23.2 Å². The number of ether oxygens (including phenoxy) is 1. The van der Waals surface area contributed by atoms with E-state index in [4.69, 9.17) is 32.3 Å². The third-order valence-corrected chi connectivity index (χ3v) is 10.00. The molecule has 0 spiro atoms. The summed E-state index contributed by atoms with van der Waals surface area (Å²) in [5, 5.41) is 14.3. The minimum atomic E-state index is -0.239. The molecule has 6 rings (SSSR count). The predicted octanol–water partition coefficient (Wildman–Crippen LogP) is 7.25. The second-order valence-electron chi connectivity index (χ2n) is 14.2. The molecule has 55 heavy (non-hydrogen) atoms. The third kappa shape index (κ3) is 9.61. The molecule has 0 radical (unpaired) electrons. The monoisotopic (exact) mass is 743 g/mol. The van der Waals surface area contributed by atoms with Crippen molar-refractivity contribution in [2.45, 2.75) is 57.9 Å². The average molecular weight is 744 g/mol. The van der Waals surface area contributed by atoms with Crippen molar-refractivity contribution in [1.29, 1.82) is 0 Å². The van der Waals surface area contributed by atoms with Crippen LogP contribution < -0.4 is 38.2 Å². The first-order valence-electron chi connectivity index (χ1n) is 19.1. The smallest absolute Gasteiger partial charge is 0.205 e. The number of phenols is 1. The maximum Gasteiger partial charge on any atom is 0.205 e. The summed E-state index contributed by atoms with van der Waals surface area (Å²) in [5.41, 5.74) is 20.1. The first-order valence-corrected chi connectivity index (χ1v) is 19.1. The van der Waals surface area contributed by atoms with Gasteiger partial charge in [-0.05, 0) is 36.6 Å². The lowest BCUT2D eigenvalue weighted by molar-refractivity contribution is 0.316.